The predicted molar refractivity (Wildman–Crippen MR) is 16.7 cm³/mol. The summed E-state index contributed by atoms with van der Waals surface area (Å²) in [6.45, 7) is -1.48. The molecule has 2 nitrogen and oxygen atoms in total. The first-order chi connectivity index (χ1) is 3.06. The van der Waals surface area contributed by atoms with Crippen molar-refractivity contribution in [3.63, 3.8) is 0 Å². The Morgan fingerprint density at radius 2 is 1.86 bits per heavy atom. The van der Waals surface area contributed by atoms with Crippen LogP contribution >= 0.6 is 0 Å². The second-order valence-corrected chi connectivity index (χ2v) is 0.915. The maximum atomic E-state index is 10.8. The Morgan fingerprint density at radius 1 is 1.43 bits per heavy atom. The molecule has 42 valence electrons. The minimum Gasteiger partial charge on any atom is -0.712 e. The van der Waals surface area contributed by atoms with Gasteiger partial charge < -0.3 is 10.6 Å². The van der Waals surface area contributed by atoms with Crippen molar-refractivity contribution in [3.05, 3.63) is 5.53 Å². The summed E-state index contributed by atoms with van der Waals surface area (Å²) < 4.78 is 32.4. The zero-order chi connectivity index (χ0) is 5.91. The van der Waals surface area contributed by atoms with Crippen LogP contribution in [-0.2, 0) is 0 Å². The SMILES string of the molecule is [N-]=NCC(F)(F)F. The van der Waals surface area contributed by atoms with E-state index in [0.717, 1.165) is 0 Å². The number of rotatable bonds is 1. The Labute approximate surface area is 37.8 Å². The topological polar surface area (TPSA) is 34.7 Å². The summed E-state index contributed by atoms with van der Waals surface area (Å²) in [5.41, 5.74) is 7.31. The number of halogens is 3. The van der Waals surface area contributed by atoms with Gasteiger partial charge in [-0.3, -0.25) is 0 Å². The van der Waals surface area contributed by atoms with Gasteiger partial charge in [-0.25, -0.2) is 0 Å². The van der Waals surface area contributed by atoms with E-state index < -0.39 is 12.7 Å². The second kappa shape index (κ2) is 1.90. The third-order valence-corrected chi connectivity index (χ3v) is 0.250. The molecule has 0 amide bonds. The lowest BCUT2D eigenvalue weighted by atomic mass is 10.7. The fraction of sp³-hybridized carbons (Fsp3) is 1.00. The highest BCUT2D eigenvalue weighted by Crippen LogP contribution is 2.13. The molecule has 0 spiro atoms. The Hall–Kier alpha value is -0.610. The van der Waals surface area contributed by atoms with E-state index in [1.807, 2.05) is 5.11 Å². The van der Waals surface area contributed by atoms with E-state index in [2.05, 4.69) is 0 Å². The molecule has 7 heavy (non-hydrogen) atoms. The fourth-order valence-corrected chi connectivity index (χ4v) is 0.0802. The Kier molecular flexibility index (Phi) is 1.74. The third-order valence-electron chi connectivity index (χ3n) is 0.250. The highest BCUT2D eigenvalue weighted by Gasteiger charge is 2.24. The molecular weight excluding hydrogens is 109 g/mol. The summed E-state index contributed by atoms with van der Waals surface area (Å²) in [5, 5.41) is 1.88. The van der Waals surface area contributed by atoms with Gasteiger partial charge in [0.1, 0.15) is 6.54 Å². The van der Waals surface area contributed by atoms with E-state index in [9.17, 15) is 13.2 Å². The lowest BCUT2D eigenvalue weighted by Crippen LogP contribution is -2.10. The smallest absolute Gasteiger partial charge is 0.406 e. The molecule has 0 aliphatic carbocycles. The molecule has 0 unspecified atom stereocenters. The van der Waals surface area contributed by atoms with E-state index in [1.165, 1.54) is 0 Å². The predicted octanol–water partition coefficient (Wildman–Crippen LogP) is 1.57. The number of nitrogens with zero attached hydrogens (tertiary/aromatic N) is 2. The van der Waals surface area contributed by atoms with Crippen molar-refractivity contribution in [2.75, 3.05) is 6.54 Å². The van der Waals surface area contributed by atoms with Gasteiger partial charge in [-0.1, -0.05) is 0 Å². The molecule has 0 saturated carbocycles. The van der Waals surface area contributed by atoms with Crippen LogP contribution in [0, 0.1) is 0 Å². The molecule has 0 rings (SSSR count). The number of hydrogen-bond donors (Lipinski definition) is 0. The monoisotopic (exact) mass is 111 g/mol. The minimum atomic E-state index is -4.37. The van der Waals surface area contributed by atoms with Gasteiger partial charge in [0, 0.05) is 0 Å². The van der Waals surface area contributed by atoms with E-state index in [4.69, 9.17) is 5.53 Å². The molecule has 0 saturated heterocycles. The summed E-state index contributed by atoms with van der Waals surface area (Å²) in [4.78, 5) is 0. The standard InChI is InChI=1S/C2H2F3N2/c3-2(4,5)1-7-6/h1H2/q-1. The van der Waals surface area contributed by atoms with Gasteiger partial charge in [0.05, 0.1) is 0 Å². The molecule has 0 aromatic rings. The highest BCUT2D eigenvalue weighted by atomic mass is 19.4. The van der Waals surface area contributed by atoms with Gasteiger partial charge in [-0.2, -0.15) is 13.2 Å². The average Bonchev–Trinajstić information content (AvgIpc) is 1.30. The summed E-state index contributed by atoms with van der Waals surface area (Å²) in [5.74, 6) is 0. The maximum absolute atomic E-state index is 10.8. The Morgan fingerprint density at radius 3 is 1.86 bits per heavy atom. The van der Waals surface area contributed by atoms with Crippen molar-refractivity contribution < 1.29 is 13.2 Å². The molecule has 0 fully saturated rings. The van der Waals surface area contributed by atoms with Crippen LogP contribution in [0.25, 0.3) is 5.53 Å². The second-order valence-electron chi connectivity index (χ2n) is 0.915. The molecule has 0 atom stereocenters. The van der Waals surface area contributed by atoms with E-state index >= 15 is 0 Å². The van der Waals surface area contributed by atoms with Gasteiger partial charge in [-0.15, -0.1) is 0 Å². The van der Waals surface area contributed by atoms with Crippen molar-refractivity contribution in [1.29, 1.82) is 0 Å². The molecule has 0 aromatic carbocycles. The van der Waals surface area contributed by atoms with Crippen molar-refractivity contribution >= 4 is 0 Å². The number of alkyl halides is 3. The summed E-state index contributed by atoms with van der Waals surface area (Å²) >= 11 is 0. The Bertz CT molecular complexity index is 65.8. The first-order valence-corrected chi connectivity index (χ1v) is 1.44. The molecular formula is C2H2F3N2-. The summed E-state index contributed by atoms with van der Waals surface area (Å²) in [6.07, 6.45) is -4.37. The minimum absolute atomic E-state index is 1.48. The van der Waals surface area contributed by atoms with Gasteiger partial charge in [-0.05, 0) is 0 Å². The average molecular weight is 111 g/mol. The molecule has 0 aromatic heterocycles. The maximum Gasteiger partial charge on any atom is 0.406 e. The molecule has 0 N–H and O–H groups in total. The Balaban J connectivity index is 3.34. The van der Waals surface area contributed by atoms with Crippen LogP contribution in [-0.4, -0.2) is 12.7 Å². The molecule has 0 heterocycles. The first kappa shape index (κ1) is 6.39. The van der Waals surface area contributed by atoms with Gasteiger partial charge in [0.15, 0.2) is 0 Å². The van der Waals surface area contributed by atoms with Gasteiger partial charge in [0.2, 0.25) is 0 Å². The van der Waals surface area contributed by atoms with Crippen LogP contribution in [0.5, 0.6) is 0 Å². The van der Waals surface area contributed by atoms with Gasteiger partial charge in [0.25, 0.3) is 0 Å². The molecule has 0 aliphatic rings. The van der Waals surface area contributed by atoms with E-state index in [0.29, 0.717) is 0 Å². The molecule has 0 aliphatic heterocycles. The van der Waals surface area contributed by atoms with Gasteiger partial charge >= 0.3 is 6.18 Å². The molecule has 0 bridgehead atoms. The highest BCUT2D eigenvalue weighted by molar-refractivity contribution is 4.50. The van der Waals surface area contributed by atoms with Crippen molar-refractivity contribution in [1.82, 2.24) is 0 Å². The zero-order valence-electron chi connectivity index (χ0n) is 3.24. The molecule has 0 radical (unpaired) electrons. The van der Waals surface area contributed by atoms with Crippen LogP contribution in [0.4, 0.5) is 13.2 Å². The van der Waals surface area contributed by atoms with E-state index in [-0.39, 0.29) is 0 Å². The van der Waals surface area contributed by atoms with Crippen LogP contribution in [0.3, 0.4) is 0 Å². The molecule has 5 heteroatoms. The quantitative estimate of drug-likeness (QED) is 0.460. The van der Waals surface area contributed by atoms with Crippen LogP contribution in [0.2, 0.25) is 0 Å². The van der Waals surface area contributed by atoms with E-state index in [1.54, 1.807) is 0 Å². The normalized spacial score (nSPS) is 11.3. The van der Waals surface area contributed by atoms with Crippen molar-refractivity contribution in [2.45, 2.75) is 6.18 Å². The lowest BCUT2D eigenvalue weighted by Gasteiger charge is -2.00. The summed E-state index contributed by atoms with van der Waals surface area (Å²) in [6, 6.07) is 0. The fourth-order valence-electron chi connectivity index (χ4n) is 0.0802. The summed E-state index contributed by atoms with van der Waals surface area (Å²) in [7, 11) is 0. The van der Waals surface area contributed by atoms with Crippen molar-refractivity contribution in [2.24, 2.45) is 5.11 Å². The largest absolute Gasteiger partial charge is 0.712 e. The van der Waals surface area contributed by atoms with Crippen LogP contribution in [0.1, 0.15) is 0 Å². The van der Waals surface area contributed by atoms with Crippen LogP contribution < -0.4 is 0 Å². The van der Waals surface area contributed by atoms with Crippen LogP contribution in [0.15, 0.2) is 5.11 Å². The van der Waals surface area contributed by atoms with Crippen molar-refractivity contribution in [3.8, 4) is 0 Å². The lowest BCUT2D eigenvalue weighted by molar-refractivity contribution is -0.118. The zero-order valence-corrected chi connectivity index (χ0v) is 3.24. The number of hydrogen-bond acceptors (Lipinski definition) is 1. The first-order valence-electron chi connectivity index (χ1n) is 1.44. The third kappa shape index (κ3) is 5.39.